The minimum Gasteiger partial charge on any atom is -0.369 e. The lowest BCUT2D eigenvalue weighted by molar-refractivity contribution is -0.121. The van der Waals surface area contributed by atoms with Crippen LogP contribution in [0, 0.1) is 51.3 Å². The number of carbonyl (C=O) groups is 4. The minimum absolute atomic E-state index is 0.00773. The monoisotopic (exact) mass is 1030 g/mol. The smallest absolute Gasteiger partial charge is 0.224 e. The highest BCUT2D eigenvalue weighted by Crippen LogP contribution is 2.49. The lowest BCUT2D eigenvalue weighted by atomic mass is 9.82. The Hall–Kier alpha value is -5.41. The zero-order valence-electron chi connectivity index (χ0n) is 60.4. The summed E-state index contributed by atoms with van der Waals surface area (Å²) in [7, 11) is 0. The van der Waals surface area contributed by atoms with Crippen molar-refractivity contribution in [1.82, 2.24) is 0 Å². The molecule has 4 unspecified atom stereocenters. The van der Waals surface area contributed by atoms with Gasteiger partial charge in [0.05, 0.1) is 26.3 Å². The van der Waals surface area contributed by atoms with Crippen molar-refractivity contribution in [2.45, 2.75) is 130 Å². The molecular formula is C60H65Cl3N4O4. The highest BCUT2D eigenvalue weighted by molar-refractivity contribution is 6.32. The molecule has 8 N–H and O–H groups in total. The molecule has 0 bridgehead atoms. The van der Waals surface area contributed by atoms with Gasteiger partial charge in [-0.15, -0.1) is 0 Å². The number of carbonyl (C=O) groups excluding carboxylic acids is 4. The van der Waals surface area contributed by atoms with E-state index in [1.165, 1.54) is 0 Å². The molecule has 0 aromatic heterocycles. The largest absolute Gasteiger partial charge is 0.369 e. The Labute approximate surface area is 462 Å². The van der Waals surface area contributed by atoms with Crippen LogP contribution in [0.15, 0.2) is 76.8 Å². The van der Waals surface area contributed by atoms with Crippen molar-refractivity contribution in [3.05, 3.63) is 159 Å². The minimum atomic E-state index is -2.72. The van der Waals surface area contributed by atoms with Gasteiger partial charge in [-0.25, -0.2) is 0 Å². The van der Waals surface area contributed by atoms with Crippen molar-refractivity contribution in [2.24, 2.45) is 46.5 Å². The molecule has 8 aliphatic rings. The Kier molecular flexibility index (Phi) is 8.87. The van der Waals surface area contributed by atoms with Crippen molar-refractivity contribution in [2.75, 3.05) is 0 Å². The molecule has 370 valence electrons. The van der Waals surface area contributed by atoms with Gasteiger partial charge in [-0.2, -0.15) is 0 Å². The van der Waals surface area contributed by atoms with Gasteiger partial charge in [-0.1, -0.05) is 70.7 Å². The number of rotatable bonds is 4. The number of primary amides is 4. The van der Waals surface area contributed by atoms with Crippen molar-refractivity contribution >= 4 is 80.7 Å². The molecule has 0 radical (unpaired) electrons. The first kappa shape index (κ1) is 30.6. The van der Waals surface area contributed by atoms with E-state index in [1.807, 2.05) is 45.0 Å². The van der Waals surface area contributed by atoms with Crippen LogP contribution in [-0.4, -0.2) is 23.6 Å². The summed E-state index contributed by atoms with van der Waals surface area (Å²) < 4.78 is 171. The summed E-state index contributed by atoms with van der Waals surface area (Å²) in [5, 5.41) is 1.12. The molecule has 0 spiro atoms. The van der Waals surface area contributed by atoms with Crippen LogP contribution in [0.4, 0.5) is 0 Å². The number of allylic oxidation sites excluding steroid dienone is 4. The number of hydrogen-bond donors (Lipinski definition) is 4. The second-order valence-electron chi connectivity index (χ2n) is 18.3. The predicted molar refractivity (Wildman–Crippen MR) is 288 cm³/mol. The second kappa shape index (κ2) is 20.6. The van der Waals surface area contributed by atoms with Crippen LogP contribution < -0.4 is 22.9 Å². The zero-order chi connectivity index (χ0) is 69.4. The Morgan fingerprint density at radius 1 is 0.507 bits per heavy atom. The van der Waals surface area contributed by atoms with Gasteiger partial charge in [0.25, 0.3) is 0 Å². The summed E-state index contributed by atoms with van der Waals surface area (Å²) in [6.07, 6.45) is -20.0. The standard InChI is InChI=1S/3C15H16ClNO.C15H17NO/c2*1-8-5-9-6-13-10(12(9)7-14(8)16)3-2-4-11(13)15(17)18;1-8-5-9(16)6-13-10-3-2-4-11(15(17)18)14(10)7-12(8)13;1-9-5-6-10-8-14-11(13(10)7-9)3-2-4-12(14)15(16)17/h2*5,7,11H,2-4,6H2,1H3,(H2,17,18);5-6,11H,2-4,7H2,1H3,(H2,17,18);5-7,12H,2-4,8H2,1H3,(H2,16,17)/i2D2,4D2,5D,7D;2*2D2,4D2,11D;2D2,4D2,12D. The molecule has 4 aromatic rings. The van der Waals surface area contributed by atoms with E-state index in [9.17, 15) is 19.2 Å². The molecule has 4 aromatic carbocycles. The van der Waals surface area contributed by atoms with Crippen molar-refractivity contribution in [1.29, 1.82) is 0 Å². The van der Waals surface area contributed by atoms with Crippen LogP contribution in [0.25, 0.3) is 22.3 Å². The average Bonchev–Trinajstić information content (AvgIpc) is 1.40. The normalized spacial score (nSPS) is 35.0. The predicted octanol–water partition coefficient (Wildman–Crippen LogP) is 12.3. The average molecular weight is 1030 g/mol. The summed E-state index contributed by atoms with van der Waals surface area (Å²) >= 11 is 18.4. The first-order valence-corrected chi connectivity index (χ1v) is 24.0. The first-order chi connectivity index (χ1) is 41.8. The lowest BCUT2D eigenvalue weighted by Gasteiger charge is -2.22. The maximum atomic E-state index is 12.0. The van der Waals surface area contributed by atoms with E-state index in [0.717, 1.165) is 38.9 Å². The van der Waals surface area contributed by atoms with E-state index in [1.54, 1.807) is 25.1 Å². The highest BCUT2D eigenvalue weighted by Gasteiger charge is 2.37. The number of amides is 4. The third-order valence-corrected chi connectivity index (χ3v) is 14.7. The zero-order valence-corrected chi connectivity index (χ0v) is 41.6. The number of halogens is 3. The fourth-order valence-electron chi connectivity index (χ4n) is 10.3. The summed E-state index contributed by atoms with van der Waals surface area (Å²) in [4.78, 5) is 47.8. The highest BCUT2D eigenvalue weighted by atomic mass is 35.5. The lowest BCUT2D eigenvalue weighted by Crippen LogP contribution is -2.27. The van der Waals surface area contributed by atoms with Gasteiger partial charge >= 0.3 is 0 Å². The van der Waals surface area contributed by atoms with Crippen LogP contribution in [-0.2, 0) is 44.9 Å². The van der Waals surface area contributed by atoms with E-state index < -0.39 is 98.2 Å². The molecule has 0 aliphatic heterocycles. The van der Waals surface area contributed by atoms with Gasteiger partial charge in [-0.3, -0.25) is 19.2 Å². The quantitative estimate of drug-likeness (QED) is 0.159. The molecule has 11 heteroatoms. The SMILES string of the molecule is [2H]C1([2H])CC2=C(Cc3c(C)cc(Cl)cc32)C([2H])(C(N)=O)C1([2H])[2H].[2H]C1([2H])CC2=C(Cc3cc(C)c(Cl)cc32)C([2H])(C(N)=O)C1([2H])[2H].[2H]C1([2H])CC2=C(Cc3ccc(C)cc32)C([2H])(C(N)=O)C1([2H])[2H].[2H]c1c(C)c(Cl)c([2H])c2c1CC1=C2CC([2H])([2H])C([2H])([2H])C1C(N)=O. The number of nitrogens with two attached hydrogens (primary N) is 4. The molecule has 0 heterocycles. The Morgan fingerprint density at radius 3 is 1.59 bits per heavy atom. The van der Waals surface area contributed by atoms with E-state index in [0.29, 0.717) is 71.3 Å². The summed E-state index contributed by atoms with van der Waals surface area (Å²) in [5.41, 5.74) is 33.3. The second-order valence-corrected chi connectivity index (χ2v) is 19.5. The molecule has 0 saturated heterocycles. The van der Waals surface area contributed by atoms with Gasteiger partial charge < -0.3 is 22.9 Å². The van der Waals surface area contributed by atoms with Crippen molar-refractivity contribution < 1.29 is 48.0 Å². The van der Waals surface area contributed by atoms with Gasteiger partial charge in [0, 0.05) is 41.1 Å². The molecule has 0 fully saturated rings. The molecule has 71 heavy (non-hydrogen) atoms. The topological polar surface area (TPSA) is 172 Å². The fourth-order valence-corrected chi connectivity index (χ4v) is 10.9. The number of fused-ring (bicyclic) bond motifs is 8. The van der Waals surface area contributed by atoms with Crippen molar-refractivity contribution in [3.63, 3.8) is 0 Å². The maximum Gasteiger partial charge on any atom is 0.224 e. The van der Waals surface area contributed by atoms with Crippen LogP contribution >= 0.6 is 34.8 Å². The van der Waals surface area contributed by atoms with E-state index in [-0.39, 0.29) is 79.6 Å². The molecule has 8 nitrogen and oxygen atoms in total. The molecular weight excluding hydrogens is 947 g/mol. The van der Waals surface area contributed by atoms with Gasteiger partial charge in [0.2, 0.25) is 23.6 Å². The Bertz CT molecular complexity index is 4130. The van der Waals surface area contributed by atoms with Crippen LogP contribution in [0.2, 0.25) is 15.1 Å². The molecule has 0 saturated carbocycles. The molecule has 4 amide bonds. The Balaban J connectivity index is 0.000000145. The van der Waals surface area contributed by atoms with Gasteiger partial charge in [0.15, 0.2) is 0 Å². The molecule has 8 aliphatic carbocycles. The molecule has 4 atom stereocenters. The molecule has 12 rings (SSSR count). The van der Waals surface area contributed by atoms with Gasteiger partial charge in [0.1, 0.15) is 0 Å². The third-order valence-electron chi connectivity index (χ3n) is 13.7. The fraction of sp³-hybridized carbons (Fsp3) is 0.400. The van der Waals surface area contributed by atoms with Gasteiger partial charge in [-0.05, 0) is 260 Å². The first-order valence-electron chi connectivity index (χ1n) is 33.4. The van der Waals surface area contributed by atoms with E-state index >= 15 is 0 Å². The van der Waals surface area contributed by atoms with Crippen molar-refractivity contribution in [3.8, 4) is 0 Å². The summed E-state index contributed by atoms with van der Waals surface area (Å²) in [5.74, 6) is -13.1. The van der Waals surface area contributed by atoms with Crippen LogP contribution in [0.5, 0.6) is 0 Å². The number of hydrogen-bond acceptors (Lipinski definition) is 4. The number of benzene rings is 4. The summed E-state index contributed by atoms with van der Waals surface area (Å²) in [6.45, 7) is 7.23. The van der Waals surface area contributed by atoms with Crippen LogP contribution in [0.1, 0.15) is 172 Å². The maximum absolute atomic E-state index is 12.0. The third kappa shape index (κ3) is 9.93. The van der Waals surface area contributed by atoms with E-state index in [4.69, 9.17) is 86.5 Å². The van der Waals surface area contributed by atoms with E-state index in [2.05, 4.69) is 0 Å². The number of aryl methyl sites for hydroxylation is 3. The summed E-state index contributed by atoms with van der Waals surface area (Å²) in [6, 6.07) is 12.8. The Morgan fingerprint density at radius 2 is 1.01 bits per heavy atom. The van der Waals surface area contributed by atoms with Crippen LogP contribution in [0.3, 0.4) is 0 Å².